The summed E-state index contributed by atoms with van der Waals surface area (Å²) in [6, 6.07) is 8.97. The Labute approximate surface area is 173 Å². The van der Waals surface area contributed by atoms with Gasteiger partial charge in [-0.05, 0) is 24.3 Å². The number of benzene rings is 2. The number of halogens is 3. The van der Waals surface area contributed by atoms with Crippen LogP contribution in [0.4, 0.5) is 24.7 Å². The number of aromatic nitrogens is 2. The van der Waals surface area contributed by atoms with Crippen LogP contribution in [0.5, 0.6) is 0 Å². The Morgan fingerprint density at radius 1 is 1.00 bits per heavy atom. The summed E-state index contributed by atoms with van der Waals surface area (Å²) >= 11 is 1.08. The highest BCUT2D eigenvalue weighted by Gasteiger charge is 2.16. The molecule has 0 aliphatic rings. The number of hydrogen-bond acceptors (Lipinski definition) is 6. The van der Waals surface area contributed by atoms with Crippen molar-refractivity contribution in [2.75, 3.05) is 30.0 Å². The van der Waals surface area contributed by atoms with Gasteiger partial charge in [-0.2, -0.15) is 0 Å². The van der Waals surface area contributed by atoms with E-state index in [1.54, 1.807) is 7.05 Å². The van der Waals surface area contributed by atoms with Crippen molar-refractivity contribution in [3.8, 4) is 0 Å². The number of rotatable bonds is 7. The molecule has 7 nitrogen and oxygen atoms in total. The topological polar surface area (TPSA) is 96.0 Å². The quantitative estimate of drug-likeness (QED) is 0.300. The molecule has 11 heteroatoms. The third kappa shape index (κ3) is 4.98. The Balaban J connectivity index is 1.53. The van der Waals surface area contributed by atoms with Crippen molar-refractivity contribution in [1.29, 1.82) is 0 Å². The first-order valence-electron chi connectivity index (χ1n) is 8.66. The molecule has 2 aromatic carbocycles. The number of carbonyl (C=O) groups excluding carboxylic acids is 2. The molecule has 0 atom stereocenters. The Kier molecular flexibility index (Phi) is 6.72. The molecule has 3 N–H and O–H groups in total. The minimum absolute atomic E-state index is 0.0612. The third-order valence-electron chi connectivity index (χ3n) is 3.91. The zero-order valence-electron chi connectivity index (χ0n) is 15.6. The van der Waals surface area contributed by atoms with E-state index in [9.17, 15) is 22.8 Å². The summed E-state index contributed by atoms with van der Waals surface area (Å²) in [6.07, 6.45) is 0. The van der Waals surface area contributed by atoms with Gasteiger partial charge >= 0.3 is 0 Å². The molecule has 1 aromatic heterocycles. The average Bonchev–Trinajstić information content (AvgIpc) is 2.76. The average molecular weight is 435 g/mol. The van der Waals surface area contributed by atoms with Crippen LogP contribution in [0, 0.1) is 17.5 Å². The smallest absolute Gasteiger partial charge is 0.243 e. The number of thioether (sulfide) groups is 1. The van der Waals surface area contributed by atoms with E-state index >= 15 is 0 Å². The lowest BCUT2D eigenvalue weighted by atomic mass is 10.2. The molecule has 0 saturated heterocycles. The lowest BCUT2D eigenvalue weighted by Gasteiger charge is -2.09. The highest BCUT2D eigenvalue weighted by molar-refractivity contribution is 7.99. The summed E-state index contributed by atoms with van der Waals surface area (Å²) in [7, 11) is 1.73. The molecule has 0 aliphatic carbocycles. The molecule has 0 saturated carbocycles. The molecule has 1 heterocycles. The van der Waals surface area contributed by atoms with Gasteiger partial charge in [-0.1, -0.05) is 23.9 Å². The Bertz CT molecular complexity index is 1110. The van der Waals surface area contributed by atoms with Gasteiger partial charge in [-0.15, -0.1) is 0 Å². The molecule has 0 unspecified atom stereocenters. The number of nitrogens with zero attached hydrogens (tertiary/aromatic N) is 2. The molecular weight excluding hydrogens is 419 g/mol. The van der Waals surface area contributed by atoms with E-state index in [-0.39, 0.29) is 5.75 Å². The molecular formula is C19H16F3N5O2S. The fourth-order valence-corrected chi connectivity index (χ4v) is 3.17. The van der Waals surface area contributed by atoms with Crippen LogP contribution in [0.15, 0.2) is 41.6 Å². The van der Waals surface area contributed by atoms with E-state index in [2.05, 4.69) is 25.9 Å². The second kappa shape index (κ2) is 9.44. The van der Waals surface area contributed by atoms with Crippen LogP contribution in [-0.4, -0.2) is 41.1 Å². The summed E-state index contributed by atoms with van der Waals surface area (Å²) in [5.74, 6) is -5.29. The molecule has 0 bridgehead atoms. The first kappa shape index (κ1) is 21.4. The number of carbonyl (C=O) groups is 2. The zero-order chi connectivity index (χ0) is 21.7. The Morgan fingerprint density at radius 2 is 1.77 bits per heavy atom. The van der Waals surface area contributed by atoms with Crippen molar-refractivity contribution in [1.82, 2.24) is 15.3 Å². The minimum Gasteiger partial charge on any atom is -0.372 e. The maximum atomic E-state index is 13.6. The van der Waals surface area contributed by atoms with Crippen molar-refractivity contribution < 1.29 is 22.8 Å². The van der Waals surface area contributed by atoms with Gasteiger partial charge in [0.2, 0.25) is 11.8 Å². The van der Waals surface area contributed by atoms with Crippen LogP contribution < -0.4 is 16.0 Å². The standard InChI is InChI=1S/C19H16F3N5O2S/c1-23-18-10-4-2-3-5-12(10)26-19(27-18)30-9-15(29)24-8-14(28)25-13-7-6-11(20)16(21)17(13)22/h2-7H,8-9H2,1H3,(H,24,29)(H,25,28)(H,23,26,27). The van der Waals surface area contributed by atoms with Crippen molar-refractivity contribution in [3.63, 3.8) is 0 Å². The summed E-state index contributed by atoms with van der Waals surface area (Å²) in [5.41, 5.74) is 0.194. The number of anilines is 2. The van der Waals surface area contributed by atoms with Gasteiger partial charge in [0.1, 0.15) is 5.82 Å². The molecule has 0 spiro atoms. The van der Waals surface area contributed by atoms with Crippen molar-refractivity contribution in [2.45, 2.75) is 5.16 Å². The van der Waals surface area contributed by atoms with Crippen LogP contribution >= 0.6 is 11.8 Å². The highest BCUT2D eigenvalue weighted by atomic mass is 32.2. The second-order valence-corrected chi connectivity index (χ2v) is 6.90. The van der Waals surface area contributed by atoms with Gasteiger partial charge in [0.15, 0.2) is 22.6 Å². The van der Waals surface area contributed by atoms with E-state index in [1.165, 1.54) is 0 Å². The van der Waals surface area contributed by atoms with Crippen molar-refractivity contribution in [3.05, 3.63) is 53.8 Å². The van der Waals surface area contributed by atoms with Crippen molar-refractivity contribution >= 4 is 46.0 Å². The van der Waals surface area contributed by atoms with Crippen LogP contribution in [0.25, 0.3) is 10.9 Å². The fraction of sp³-hybridized carbons (Fsp3) is 0.158. The Hall–Kier alpha value is -3.34. The minimum atomic E-state index is -1.69. The SMILES string of the molecule is CNc1nc(SCC(=O)NCC(=O)Nc2ccc(F)c(F)c2F)nc2ccccc12. The van der Waals surface area contributed by atoms with Crippen molar-refractivity contribution in [2.24, 2.45) is 0 Å². The largest absolute Gasteiger partial charge is 0.372 e. The normalized spacial score (nSPS) is 10.7. The summed E-state index contributed by atoms with van der Waals surface area (Å²) in [6.45, 7) is -0.474. The van der Waals surface area contributed by atoms with E-state index in [4.69, 9.17) is 0 Å². The number of amides is 2. The molecule has 0 aliphatic heterocycles. The molecule has 3 rings (SSSR count). The fourth-order valence-electron chi connectivity index (χ4n) is 2.49. The number of nitrogens with one attached hydrogen (secondary N) is 3. The molecule has 30 heavy (non-hydrogen) atoms. The molecule has 0 fully saturated rings. The molecule has 156 valence electrons. The molecule has 2 amide bonds. The maximum Gasteiger partial charge on any atom is 0.243 e. The van der Waals surface area contributed by atoms with Gasteiger partial charge < -0.3 is 16.0 Å². The first-order chi connectivity index (χ1) is 14.4. The maximum absolute atomic E-state index is 13.6. The lowest BCUT2D eigenvalue weighted by Crippen LogP contribution is -2.34. The zero-order valence-corrected chi connectivity index (χ0v) is 16.4. The lowest BCUT2D eigenvalue weighted by molar-refractivity contribution is -0.122. The van der Waals surface area contributed by atoms with Gasteiger partial charge in [-0.3, -0.25) is 9.59 Å². The Morgan fingerprint density at radius 3 is 2.53 bits per heavy atom. The van der Waals surface area contributed by atoms with Crippen LogP contribution in [0.3, 0.4) is 0 Å². The van der Waals surface area contributed by atoms with Crippen LogP contribution in [0.2, 0.25) is 0 Å². The summed E-state index contributed by atoms with van der Waals surface area (Å²) in [4.78, 5) is 32.5. The van der Waals surface area contributed by atoms with Gasteiger partial charge in [-0.25, -0.2) is 23.1 Å². The van der Waals surface area contributed by atoms with Gasteiger partial charge in [0.25, 0.3) is 0 Å². The van der Waals surface area contributed by atoms with E-state index in [0.29, 0.717) is 22.6 Å². The van der Waals surface area contributed by atoms with E-state index in [1.807, 2.05) is 24.3 Å². The van der Waals surface area contributed by atoms with Crippen LogP contribution in [-0.2, 0) is 9.59 Å². The predicted octanol–water partition coefficient (Wildman–Crippen LogP) is 2.94. The van der Waals surface area contributed by atoms with E-state index in [0.717, 1.165) is 23.2 Å². The highest BCUT2D eigenvalue weighted by Crippen LogP contribution is 2.24. The first-order valence-corrected chi connectivity index (χ1v) is 9.65. The molecule has 3 aromatic rings. The third-order valence-corrected chi connectivity index (χ3v) is 4.75. The van der Waals surface area contributed by atoms with Gasteiger partial charge in [0.05, 0.1) is 23.5 Å². The monoisotopic (exact) mass is 435 g/mol. The van der Waals surface area contributed by atoms with Crippen LogP contribution in [0.1, 0.15) is 0 Å². The second-order valence-electron chi connectivity index (χ2n) is 5.96. The predicted molar refractivity (Wildman–Crippen MR) is 108 cm³/mol. The van der Waals surface area contributed by atoms with E-state index < -0.39 is 41.5 Å². The number of hydrogen-bond donors (Lipinski definition) is 3. The molecule has 0 radical (unpaired) electrons. The summed E-state index contributed by atoms with van der Waals surface area (Å²) in [5, 5.41) is 8.61. The summed E-state index contributed by atoms with van der Waals surface area (Å²) < 4.78 is 39.7. The van der Waals surface area contributed by atoms with Gasteiger partial charge in [0, 0.05) is 12.4 Å². The number of para-hydroxylation sites is 1. The number of fused-ring (bicyclic) bond motifs is 1.